The topological polar surface area (TPSA) is 144 Å². The zero-order valence-corrected chi connectivity index (χ0v) is 27.0. The van der Waals surface area contributed by atoms with Gasteiger partial charge in [0, 0.05) is 30.3 Å². The van der Waals surface area contributed by atoms with Crippen LogP contribution in [-0.4, -0.2) is 122 Å². The summed E-state index contributed by atoms with van der Waals surface area (Å²) in [6.07, 6.45) is 0.132. The molecule has 13 heteroatoms. The minimum atomic E-state index is -4.03. The van der Waals surface area contributed by atoms with Gasteiger partial charge in [-0.1, -0.05) is 25.1 Å². The number of rotatable bonds is 9. The quantitative estimate of drug-likeness (QED) is 0.275. The first-order valence-electron chi connectivity index (χ1n) is 16.0. The van der Waals surface area contributed by atoms with Crippen molar-refractivity contribution >= 4 is 44.2 Å². The van der Waals surface area contributed by atoms with Crippen LogP contribution in [0, 0.1) is 11.8 Å². The van der Waals surface area contributed by atoms with Crippen LogP contribution in [0.2, 0.25) is 0 Å². The van der Waals surface area contributed by atoms with E-state index in [1.807, 2.05) is 6.07 Å². The van der Waals surface area contributed by atoms with E-state index in [9.17, 15) is 28.2 Å². The molecule has 2 aromatic rings. The summed E-state index contributed by atoms with van der Waals surface area (Å²) >= 11 is 0. The minimum Gasteiger partial charge on any atom is -0.477 e. The van der Waals surface area contributed by atoms with E-state index in [1.165, 1.54) is 50.1 Å². The van der Waals surface area contributed by atoms with E-state index >= 15 is 0 Å². The van der Waals surface area contributed by atoms with E-state index in [0.29, 0.717) is 16.9 Å². The van der Waals surface area contributed by atoms with Gasteiger partial charge in [0.2, 0.25) is 5.91 Å². The van der Waals surface area contributed by atoms with Gasteiger partial charge in [-0.2, -0.15) is 8.42 Å². The molecule has 4 N–H and O–H groups in total. The van der Waals surface area contributed by atoms with Crippen molar-refractivity contribution in [1.29, 1.82) is 0 Å². The third-order valence-corrected chi connectivity index (χ3v) is 13.3. The molecule has 4 fully saturated rings. The van der Waals surface area contributed by atoms with E-state index in [2.05, 4.69) is 18.2 Å². The summed E-state index contributed by atoms with van der Waals surface area (Å²) in [6.45, 7) is 12.9. The first-order valence-corrected chi connectivity index (χ1v) is 17.4. The van der Waals surface area contributed by atoms with E-state index in [1.54, 1.807) is 20.0 Å². The van der Waals surface area contributed by atoms with Crippen LogP contribution in [0.3, 0.4) is 0 Å². The van der Waals surface area contributed by atoms with E-state index in [-0.39, 0.29) is 12.2 Å². The van der Waals surface area contributed by atoms with Gasteiger partial charge in [0.1, 0.15) is 51.5 Å². The lowest BCUT2D eigenvalue weighted by atomic mass is 9.78. The highest BCUT2D eigenvalue weighted by molar-refractivity contribution is 7.94. The predicted molar refractivity (Wildman–Crippen MR) is 170 cm³/mol. The normalized spacial score (nSPS) is 32.2. The van der Waals surface area contributed by atoms with Crippen molar-refractivity contribution in [2.45, 2.75) is 39.0 Å². The third kappa shape index (κ3) is 4.42. The van der Waals surface area contributed by atoms with Gasteiger partial charge in [0.05, 0.1) is 42.5 Å². The molecule has 6 heterocycles. The van der Waals surface area contributed by atoms with Crippen molar-refractivity contribution in [1.82, 2.24) is 4.90 Å². The number of aliphatic carboxylic acids is 1. The number of benzene rings is 2. The van der Waals surface area contributed by atoms with Crippen LogP contribution in [0.4, 0.5) is 11.4 Å². The Hall–Kier alpha value is -3.23. The van der Waals surface area contributed by atoms with Gasteiger partial charge in [-0.15, -0.1) is 0 Å². The summed E-state index contributed by atoms with van der Waals surface area (Å²) in [5, 5.41) is 22.1. The van der Waals surface area contributed by atoms with Crippen LogP contribution in [0.25, 0.3) is 10.8 Å². The molecule has 0 spiro atoms. The molecule has 6 aliphatic rings. The number of quaternary nitrogens is 2. The molecular weight excluding hydrogens is 596 g/mol. The second-order valence-electron chi connectivity index (χ2n) is 14.0. The van der Waals surface area contributed by atoms with Crippen molar-refractivity contribution in [3.63, 3.8) is 0 Å². The lowest BCUT2D eigenvalue weighted by molar-refractivity contribution is -1.09. The number of carbonyl (C=O) groups excluding carboxylic acids is 1. The second-order valence-corrected chi connectivity index (χ2v) is 15.8. The Morgan fingerprint density at radius 1 is 1.09 bits per heavy atom. The Bertz CT molecular complexity index is 1720. The fourth-order valence-electron chi connectivity index (χ4n) is 8.86. The van der Waals surface area contributed by atoms with Gasteiger partial charge in [-0.3, -0.25) is 9.10 Å². The smallest absolute Gasteiger partial charge is 0.352 e. The van der Waals surface area contributed by atoms with Gasteiger partial charge in [0.25, 0.3) is 0 Å². The molecule has 2 bridgehead atoms. The van der Waals surface area contributed by atoms with Gasteiger partial charge in [-0.25, -0.2) is 9.10 Å². The summed E-state index contributed by atoms with van der Waals surface area (Å²) < 4.78 is 32.7. The number of carboxylic acids is 1. The lowest BCUT2D eigenvalue weighted by Crippen LogP contribution is -2.74. The number of aliphatic hydroxyl groups is 1. The Morgan fingerprint density at radius 2 is 1.73 bits per heavy atom. The number of β-lactam (4-membered cyclic amide) rings is 1. The molecule has 8 rings (SSSR count). The molecule has 0 saturated carbocycles. The summed E-state index contributed by atoms with van der Waals surface area (Å²) in [7, 11) is -2.48. The van der Waals surface area contributed by atoms with E-state index in [0.717, 1.165) is 60.9 Å². The minimum absolute atomic E-state index is 0.175. The number of carbonyl (C=O) groups is 2. The van der Waals surface area contributed by atoms with Crippen molar-refractivity contribution in [2.24, 2.45) is 17.6 Å². The average molecular weight is 641 g/mol. The van der Waals surface area contributed by atoms with Crippen LogP contribution >= 0.6 is 0 Å². The molecule has 0 aliphatic carbocycles. The first-order chi connectivity index (χ1) is 21.3. The highest BCUT2D eigenvalue weighted by atomic mass is 32.2. The molecule has 6 aliphatic heterocycles. The number of amides is 1. The Balaban J connectivity index is 1.21. The van der Waals surface area contributed by atoms with Crippen LogP contribution in [-0.2, 0) is 26.3 Å². The highest BCUT2D eigenvalue weighted by Gasteiger charge is 2.60. The standard InChI is InChI=1S/C32H43N6O6S/c1-20-25(30(32(41)42)36-28(20)27(21(2)39)31(36)40)18-35-26-8-7-23-6-5-22(17-24(23)29(26)34(3)45(35,43)44)19-38-14-11-37(12-15-38,13-16-38)10-4-9-33/h5-8,17,20-21,27-28,39H,4,9-16,18-19,33H2,1-3H3/q+1/p+1/t20-,21+,27+,28+,37?,38?/m0/s1. The van der Waals surface area contributed by atoms with E-state index in [4.69, 9.17) is 5.73 Å². The Kier molecular flexibility index (Phi) is 7.03. The van der Waals surface area contributed by atoms with E-state index < -0.39 is 46.1 Å². The lowest BCUT2D eigenvalue weighted by Gasteiger charge is -2.55. The van der Waals surface area contributed by atoms with Gasteiger partial charge >= 0.3 is 16.2 Å². The molecule has 12 nitrogen and oxygen atoms in total. The number of nitrogens with two attached hydrogens (primary N) is 1. The molecule has 4 saturated heterocycles. The van der Waals surface area contributed by atoms with Crippen molar-refractivity contribution in [3.8, 4) is 0 Å². The molecule has 0 aromatic heterocycles. The maximum Gasteiger partial charge on any atom is 0.352 e. The average Bonchev–Trinajstić information content (AvgIpc) is 3.37. The number of hydrogen-bond donors (Lipinski definition) is 3. The number of fused-ring (bicyclic) bond motifs is 7. The molecule has 0 unspecified atom stereocenters. The van der Waals surface area contributed by atoms with Crippen LogP contribution in [0.5, 0.6) is 0 Å². The van der Waals surface area contributed by atoms with Gasteiger partial charge < -0.3 is 29.8 Å². The molecule has 4 atom stereocenters. The summed E-state index contributed by atoms with van der Waals surface area (Å²) in [4.78, 5) is 26.5. The number of aliphatic hydroxyl groups excluding tert-OH is 1. The predicted octanol–water partition coefficient (Wildman–Crippen LogP) is 1.05. The summed E-state index contributed by atoms with van der Waals surface area (Å²) in [5.41, 5.74) is 8.25. The monoisotopic (exact) mass is 640 g/mol. The Morgan fingerprint density at radius 3 is 2.36 bits per heavy atom. The highest BCUT2D eigenvalue weighted by Crippen LogP contribution is 2.50. The maximum atomic E-state index is 13.9. The molecule has 0 radical (unpaired) electrons. The molecule has 2 aromatic carbocycles. The van der Waals surface area contributed by atoms with Crippen LogP contribution in [0.1, 0.15) is 25.8 Å². The van der Waals surface area contributed by atoms with Crippen LogP contribution < -0.4 is 14.3 Å². The number of carboxylic acid groups (broad SMARTS) is 1. The summed E-state index contributed by atoms with van der Waals surface area (Å²) in [6, 6.07) is 9.55. The number of anilines is 2. The molecule has 242 valence electrons. The largest absolute Gasteiger partial charge is 0.477 e. The number of hydrogen-bond acceptors (Lipinski definition) is 6. The van der Waals surface area contributed by atoms with Crippen molar-refractivity contribution in [2.75, 3.05) is 74.6 Å². The Labute approximate surface area is 264 Å². The fraction of sp³-hybridized carbons (Fsp3) is 0.562. The SMILES string of the molecule is C[C@@H](O)[C@H]1C(=O)N2C(C(=O)O)=C(CN3c4ccc5ccc(C[N+]67CC[N+](CCCN)(CC6)CC7)cc5c4N(C)S3(=O)=O)[C@H](C)[C@H]12. The van der Waals surface area contributed by atoms with Gasteiger partial charge in [0.15, 0.2) is 0 Å². The molecule has 1 amide bonds. The van der Waals surface area contributed by atoms with Crippen molar-refractivity contribution < 1.29 is 37.2 Å². The zero-order valence-electron chi connectivity index (χ0n) is 26.2. The maximum absolute atomic E-state index is 13.9. The van der Waals surface area contributed by atoms with Crippen molar-refractivity contribution in [3.05, 3.63) is 47.2 Å². The number of nitrogens with zero attached hydrogens (tertiary/aromatic N) is 5. The second kappa shape index (κ2) is 10.4. The third-order valence-electron chi connectivity index (χ3n) is 11.6. The number of piperazine rings is 3. The summed E-state index contributed by atoms with van der Waals surface area (Å²) in [5.74, 6) is -2.86. The fourth-order valence-corrected chi connectivity index (χ4v) is 10.3. The first kappa shape index (κ1) is 30.4. The zero-order chi connectivity index (χ0) is 32.1. The van der Waals surface area contributed by atoms with Gasteiger partial charge in [-0.05, 0) is 36.6 Å². The molecule has 45 heavy (non-hydrogen) atoms. The molecular formula is C32H44N6O6S+2. The van der Waals surface area contributed by atoms with Crippen LogP contribution in [0.15, 0.2) is 41.6 Å².